The number of benzene rings is 7. The van der Waals surface area contributed by atoms with Crippen molar-refractivity contribution in [1.82, 2.24) is 4.57 Å². The summed E-state index contributed by atoms with van der Waals surface area (Å²) >= 11 is 0. The van der Waals surface area contributed by atoms with Crippen LogP contribution < -0.4 is 4.74 Å². The van der Waals surface area contributed by atoms with E-state index in [0.717, 1.165) is 55.7 Å². The fourth-order valence-corrected chi connectivity index (χ4v) is 7.24. The van der Waals surface area contributed by atoms with Gasteiger partial charge in [0.1, 0.15) is 11.5 Å². The smallest absolute Gasteiger partial charge is 0.188 e. The lowest BCUT2D eigenvalue weighted by Gasteiger charge is -2.41. The summed E-state index contributed by atoms with van der Waals surface area (Å²) in [5, 5.41) is 1.54. The molecule has 0 fully saturated rings. The molecule has 0 spiro atoms. The van der Waals surface area contributed by atoms with Crippen molar-refractivity contribution >= 4 is 27.5 Å². The van der Waals surface area contributed by atoms with Crippen LogP contribution in [-0.4, -0.2) is 4.57 Å². The molecule has 0 amide bonds. The molecule has 9 rings (SSSR count). The molecule has 220 valence electrons. The van der Waals surface area contributed by atoms with Crippen molar-refractivity contribution in [2.75, 3.05) is 0 Å². The fraction of sp³-hybridized carbons (Fsp3) is 0.0227. The van der Waals surface area contributed by atoms with E-state index in [1.165, 1.54) is 0 Å². The number of hydrogen-bond donors (Lipinski definition) is 0. The van der Waals surface area contributed by atoms with E-state index in [1.807, 2.05) is 54.6 Å². The normalized spacial score (nSPS) is 14.5. The molecular weight excluding hydrogens is 572 g/mol. The van der Waals surface area contributed by atoms with Gasteiger partial charge in [0.05, 0.1) is 29.9 Å². The van der Waals surface area contributed by atoms with Gasteiger partial charge in [-0.15, -0.1) is 0 Å². The van der Waals surface area contributed by atoms with Gasteiger partial charge in [0.25, 0.3) is 0 Å². The molecule has 0 radical (unpaired) electrons. The molecule has 1 aliphatic rings. The SMILES string of the molecule is [2H]c1c([2H])c([2H])c(-n2c3ccc([N+]#[C-])cc3c3cc(-c4ccc5c(c4)C(c4ccccc4)(c4ccccc4)c4ccccc4O5)ccc32)c([2H])c1[2H]. The summed E-state index contributed by atoms with van der Waals surface area (Å²) in [6.45, 7) is 7.72. The Morgan fingerprint density at radius 2 is 1.17 bits per heavy atom. The lowest BCUT2D eigenvalue weighted by Crippen LogP contribution is -2.34. The first kappa shape index (κ1) is 22.2. The van der Waals surface area contributed by atoms with E-state index in [4.69, 9.17) is 18.2 Å². The van der Waals surface area contributed by atoms with Crippen LogP contribution in [0.25, 0.3) is 43.5 Å². The van der Waals surface area contributed by atoms with Crippen molar-refractivity contribution in [2.24, 2.45) is 0 Å². The monoisotopic (exact) mass is 605 g/mol. The number of hydrogen-bond acceptors (Lipinski definition) is 1. The minimum Gasteiger partial charge on any atom is -0.457 e. The van der Waals surface area contributed by atoms with Crippen LogP contribution in [0, 0.1) is 6.57 Å². The van der Waals surface area contributed by atoms with Gasteiger partial charge in [-0.3, -0.25) is 0 Å². The first-order chi connectivity index (χ1) is 25.3. The van der Waals surface area contributed by atoms with Gasteiger partial charge in [0.2, 0.25) is 0 Å². The number of para-hydroxylation sites is 2. The maximum Gasteiger partial charge on any atom is 0.188 e. The highest BCUT2D eigenvalue weighted by Gasteiger charge is 2.45. The van der Waals surface area contributed by atoms with Crippen molar-refractivity contribution in [3.63, 3.8) is 0 Å². The van der Waals surface area contributed by atoms with Crippen molar-refractivity contribution < 1.29 is 11.6 Å². The minimum absolute atomic E-state index is 0.0643. The summed E-state index contributed by atoms with van der Waals surface area (Å²) < 4.78 is 50.8. The zero-order chi connectivity index (χ0) is 35.7. The van der Waals surface area contributed by atoms with Crippen LogP contribution in [0.2, 0.25) is 0 Å². The van der Waals surface area contributed by atoms with Crippen LogP contribution in [0.4, 0.5) is 5.69 Å². The summed E-state index contributed by atoms with van der Waals surface area (Å²) in [6.07, 6.45) is 0. The molecule has 8 aromatic rings. The van der Waals surface area contributed by atoms with E-state index in [-0.39, 0.29) is 17.8 Å². The van der Waals surface area contributed by atoms with Crippen molar-refractivity contribution in [2.45, 2.75) is 5.41 Å². The number of fused-ring (bicyclic) bond motifs is 5. The minimum atomic E-state index is -0.686. The molecule has 0 N–H and O–H groups in total. The summed E-state index contributed by atoms with van der Waals surface area (Å²) in [7, 11) is 0. The molecule has 3 nitrogen and oxygen atoms in total. The van der Waals surface area contributed by atoms with Crippen LogP contribution in [0.15, 0.2) is 170 Å². The second kappa shape index (κ2) is 10.6. The third-order valence-electron chi connectivity index (χ3n) is 9.23. The van der Waals surface area contributed by atoms with Crippen molar-refractivity contribution in [3.05, 3.63) is 203 Å². The molecule has 0 atom stereocenters. The largest absolute Gasteiger partial charge is 0.457 e. The van der Waals surface area contributed by atoms with Gasteiger partial charge in [-0.1, -0.05) is 115 Å². The standard InChI is InChI=1S/C44H28N2O/c1-45-34-23-25-41-37(29-34)36-27-30(21-24-40(36)46(41)35-17-9-4-10-18-35)31-22-26-43-39(28-31)44(32-13-5-2-6-14-32,33-15-7-3-8-16-33)38-19-11-12-20-42(38)47-43/h2-29H/i4D,9D,10D,17D,18D. The molecule has 2 heterocycles. The molecular formula is C44H28N2O. The summed E-state index contributed by atoms with van der Waals surface area (Å²) in [4.78, 5) is 3.67. The summed E-state index contributed by atoms with van der Waals surface area (Å²) in [5.74, 6) is 1.56. The molecule has 0 saturated heterocycles. The van der Waals surface area contributed by atoms with Gasteiger partial charge in [0, 0.05) is 22.2 Å². The third kappa shape index (κ3) is 4.06. The Kier molecular flexibility index (Phi) is 5.01. The van der Waals surface area contributed by atoms with Gasteiger partial charge >= 0.3 is 0 Å². The van der Waals surface area contributed by atoms with E-state index >= 15 is 0 Å². The van der Waals surface area contributed by atoms with Gasteiger partial charge in [-0.05, 0) is 82.2 Å². The van der Waals surface area contributed by atoms with Gasteiger partial charge in [-0.2, -0.15) is 0 Å². The van der Waals surface area contributed by atoms with Crippen molar-refractivity contribution in [3.8, 4) is 28.3 Å². The van der Waals surface area contributed by atoms with Crippen LogP contribution in [0.3, 0.4) is 0 Å². The maximum absolute atomic E-state index is 8.78. The van der Waals surface area contributed by atoms with Gasteiger partial charge in [-0.25, -0.2) is 4.85 Å². The van der Waals surface area contributed by atoms with Crippen molar-refractivity contribution in [1.29, 1.82) is 0 Å². The average molecular weight is 606 g/mol. The zero-order valence-electron chi connectivity index (χ0n) is 30.1. The Labute approximate surface area is 280 Å². The molecule has 0 bridgehead atoms. The summed E-state index contributed by atoms with van der Waals surface area (Å²) in [5.41, 5.74) is 7.25. The maximum atomic E-state index is 8.78. The number of aromatic nitrogens is 1. The topological polar surface area (TPSA) is 18.5 Å². The number of rotatable bonds is 4. The first-order valence-electron chi connectivity index (χ1n) is 17.9. The second-order valence-electron chi connectivity index (χ2n) is 11.6. The first-order valence-corrected chi connectivity index (χ1v) is 15.4. The van der Waals surface area contributed by atoms with Gasteiger partial charge < -0.3 is 9.30 Å². The van der Waals surface area contributed by atoms with E-state index in [9.17, 15) is 0 Å². The molecule has 0 aliphatic carbocycles. The average Bonchev–Trinajstić information content (AvgIpc) is 3.51. The quantitative estimate of drug-likeness (QED) is 0.183. The van der Waals surface area contributed by atoms with Crippen LogP contribution >= 0.6 is 0 Å². The highest BCUT2D eigenvalue weighted by molar-refractivity contribution is 6.11. The van der Waals surface area contributed by atoms with Crippen LogP contribution in [0.1, 0.15) is 29.1 Å². The molecule has 7 aromatic carbocycles. The predicted molar refractivity (Wildman–Crippen MR) is 191 cm³/mol. The van der Waals surface area contributed by atoms with E-state index < -0.39 is 23.5 Å². The highest BCUT2D eigenvalue weighted by Crippen LogP contribution is 2.56. The lowest BCUT2D eigenvalue weighted by molar-refractivity contribution is 0.434. The number of nitrogens with zero attached hydrogens (tertiary/aromatic N) is 2. The summed E-state index contributed by atoms with van der Waals surface area (Å²) in [6, 6.07) is 44.9. The molecule has 47 heavy (non-hydrogen) atoms. The molecule has 0 unspecified atom stereocenters. The Balaban J connectivity index is 1.32. The van der Waals surface area contributed by atoms with E-state index in [0.29, 0.717) is 16.7 Å². The highest BCUT2D eigenvalue weighted by atomic mass is 16.5. The van der Waals surface area contributed by atoms with E-state index in [1.54, 1.807) is 22.8 Å². The predicted octanol–water partition coefficient (Wildman–Crippen LogP) is 11.5. The van der Waals surface area contributed by atoms with Gasteiger partial charge in [0.15, 0.2) is 5.69 Å². The van der Waals surface area contributed by atoms with E-state index in [2.05, 4.69) is 71.6 Å². The van der Waals surface area contributed by atoms with Crippen LogP contribution in [-0.2, 0) is 5.41 Å². The molecule has 1 aliphatic heterocycles. The third-order valence-corrected chi connectivity index (χ3v) is 9.23. The Bertz CT molecular complexity index is 2720. The molecule has 1 aromatic heterocycles. The Morgan fingerprint density at radius 1 is 0.574 bits per heavy atom. The fourth-order valence-electron chi connectivity index (χ4n) is 7.24. The second-order valence-corrected chi connectivity index (χ2v) is 11.6. The lowest BCUT2D eigenvalue weighted by atomic mass is 9.63. The zero-order valence-corrected chi connectivity index (χ0v) is 25.1. The van der Waals surface area contributed by atoms with Crippen LogP contribution in [0.5, 0.6) is 11.5 Å². The Hall–Kier alpha value is -6.37. The molecule has 3 heteroatoms. The molecule has 0 saturated carbocycles. The Morgan fingerprint density at radius 3 is 1.89 bits per heavy atom. The number of ether oxygens (including phenoxy) is 1.